The zero-order valence-electron chi connectivity index (χ0n) is 30.8. The maximum absolute atomic E-state index is 12.8. The second-order valence-electron chi connectivity index (χ2n) is 13.8. The van der Waals surface area contributed by atoms with E-state index in [0.717, 1.165) is 63.8 Å². The van der Waals surface area contributed by atoms with E-state index >= 15 is 0 Å². The number of amides is 2. The Labute approximate surface area is 311 Å². The van der Waals surface area contributed by atoms with Crippen LogP contribution < -0.4 is 36.5 Å². The van der Waals surface area contributed by atoms with Crippen LogP contribution in [0.3, 0.4) is 0 Å². The van der Waals surface area contributed by atoms with Crippen LogP contribution in [0, 0.1) is 6.92 Å². The number of piperidine rings is 2. The number of aryl methyl sites for hydroxylation is 3. The minimum absolute atomic E-state index is 0.0936. The van der Waals surface area contributed by atoms with Gasteiger partial charge in [-0.05, 0) is 75.1 Å². The first-order valence-electron chi connectivity index (χ1n) is 18.1. The summed E-state index contributed by atoms with van der Waals surface area (Å²) in [5.74, 6) is 0.495. The van der Waals surface area contributed by atoms with Gasteiger partial charge < -0.3 is 40.6 Å². The van der Waals surface area contributed by atoms with Crippen LogP contribution in [0.1, 0.15) is 42.9 Å². The lowest BCUT2D eigenvalue weighted by Gasteiger charge is -2.31. The molecule has 3 aromatic heterocycles. The van der Waals surface area contributed by atoms with Crippen molar-refractivity contribution in [1.82, 2.24) is 34.9 Å². The summed E-state index contributed by atoms with van der Waals surface area (Å²) in [5, 5.41) is 28.1. The van der Waals surface area contributed by atoms with E-state index in [1.54, 1.807) is 17.8 Å². The van der Waals surface area contributed by atoms with Crippen molar-refractivity contribution in [3.05, 3.63) is 70.3 Å². The first kappa shape index (κ1) is 36.3. The summed E-state index contributed by atoms with van der Waals surface area (Å²) in [5.41, 5.74) is 4.65. The number of likely N-dealkylation sites (N-methyl/N-ethyl adjacent to an activating group) is 1. The molecule has 0 saturated carbocycles. The molecule has 2 amide bonds. The van der Waals surface area contributed by atoms with Gasteiger partial charge in [0.15, 0.2) is 12.4 Å². The van der Waals surface area contributed by atoms with Crippen LogP contribution in [-0.4, -0.2) is 93.0 Å². The number of carbonyl (C=O) groups excluding carboxylic acids is 2. The summed E-state index contributed by atoms with van der Waals surface area (Å²) in [6, 6.07) is 13.4. The second kappa shape index (κ2) is 15.5. The largest absolute Gasteiger partial charge is 0.478 e. The van der Waals surface area contributed by atoms with Crippen molar-refractivity contribution < 1.29 is 19.4 Å². The molecule has 0 spiro atoms. The molecule has 2 saturated heterocycles. The highest BCUT2D eigenvalue weighted by Crippen LogP contribution is 2.32. The molecule has 2 aromatic carbocycles. The monoisotopic (exact) mass is 735 g/mol. The van der Waals surface area contributed by atoms with Crippen molar-refractivity contribution in [2.45, 2.75) is 50.8 Å². The molecule has 282 valence electrons. The van der Waals surface area contributed by atoms with Crippen molar-refractivity contribution >= 4 is 63.0 Å². The molecular formula is C38H45N11O5. The first-order valence-corrected chi connectivity index (χ1v) is 18.1. The predicted molar refractivity (Wildman–Crippen MR) is 208 cm³/mol. The zero-order chi connectivity index (χ0) is 37.9. The molecule has 54 heavy (non-hydrogen) atoms. The summed E-state index contributed by atoms with van der Waals surface area (Å²) in [4.78, 5) is 53.6. The third-order valence-corrected chi connectivity index (χ3v) is 10.0. The van der Waals surface area contributed by atoms with E-state index in [1.807, 2.05) is 62.8 Å². The summed E-state index contributed by atoms with van der Waals surface area (Å²) in [6.07, 6.45) is 5.91. The maximum atomic E-state index is 12.8. The number of hydrogen-bond donors (Lipinski definition) is 5. The zero-order valence-corrected chi connectivity index (χ0v) is 30.8. The Balaban J connectivity index is 0.981. The molecular weight excluding hydrogens is 690 g/mol. The van der Waals surface area contributed by atoms with Gasteiger partial charge in [-0.3, -0.25) is 24.1 Å². The molecule has 2 fully saturated rings. The highest BCUT2D eigenvalue weighted by atomic mass is 16.5. The number of carbonyl (C=O) groups is 2. The Hall–Kier alpha value is -6.03. The number of benzene rings is 2. The Kier molecular flexibility index (Phi) is 10.4. The molecule has 5 N–H and O–H groups in total. The average Bonchev–Trinajstić information content (AvgIpc) is 3.49. The topological polar surface area (TPSA) is 193 Å². The lowest BCUT2D eigenvalue weighted by molar-refractivity contribution is -0.128. The van der Waals surface area contributed by atoms with E-state index in [1.165, 1.54) is 11.6 Å². The quantitative estimate of drug-likeness (QED) is 0.125. The molecule has 0 aliphatic carbocycles. The van der Waals surface area contributed by atoms with Crippen molar-refractivity contribution in [2.24, 2.45) is 19.1 Å². The number of aromatic nitrogens is 5. The lowest BCUT2D eigenvalue weighted by Crippen LogP contribution is -2.42. The fourth-order valence-corrected chi connectivity index (χ4v) is 7.03. The van der Waals surface area contributed by atoms with Crippen LogP contribution >= 0.6 is 0 Å². The van der Waals surface area contributed by atoms with Crippen molar-refractivity contribution in [3.63, 3.8) is 0 Å². The Bertz CT molecular complexity index is 2300. The number of aliphatic hydroxyl groups is 1. The number of aliphatic imine (C=N–C) groups is 1. The van der Waals surface area contributed by atoms with Gasteiger partial charge in [-0.2, -0.15) is 10.1 Å². The number of rotatable bonds is 11. The summed E-state index contributed by atoms with van der Waals surface area (Å²) in [7, 11) is 5.06. The number of ether oxygens (including phenoxy) is 1. The number of nitrogens with zero attached hydrogens (tertiary/aromatic N) is 7. The third kappa shape index (κ3) is 7.69. The molecule has 2 aliphatic rings. The normalized spacial score (nSPS) is 18.9. The molecule has 3 atom stereocenters. The van der Waals surface area contributed by atoms with Gasteiger partial charge in [0, 0.05) is 80.9 Å². The molecule has 7 rings (SSSR count). The molecule has 5 aromatic rings. The van der Waals surface area contributed by atoms with Crippen LogP contribution in [0.4, 0.5) is 23.1 Å². The molecule has 2 aliphatic heterocycles. The van der Waals surface area contributed by atoms with Gasteiger partial charge in [-0.1, -0.05) is 0 Å². The van der Waals surface area contributed by atoms with Crippen molar-refractivity contribution in [1.29, 1.82) is 0 Å². The van der Waals surface area contributed by atoms with Crippen LogP contribution in [0.2, 0.25) is 0 Å². The first-order chi connectivity index (χ1) is 26.1. The van der Waals surface area contributed by atoms with Crippen LogP contribution in [0.25, 0.3) is 21.8 Å². The van der Waals surface area contributed by atoms with Crippen LogP contribution in [0.15, 0.2) is 58.4 Å². The van der Waals surface area contributed by atoms with Crippen LogP contribution in [-0.2, 0) is 23.7 Å². The molecule has 0 radical (unpaired) electrons. The minimum atomic E-state index is -0.798. The number of fused-ring (bicyclic) bond motifs is 2. The van der Waals surface area contributed by atoms with E-state index in [4.69, 9.17) is 14.7 Å². The Morgan fingerprint density at radius 2 is 1.93 bits per heavy atom. The highest BCUT2D eigenvalue weighted by Gasteiger charge is 2.31. The number of anilines is 4. The standard InChI is InChI=1S/C38H45N11O5/c1-22-19-42-38(45-35(22)43-25-8-11-29-23(16-25)17-31(37(53)47(29)3)54-21-33(51)39-2)49-15-5-6-26(20-49)41-14-13-40-24-7-9-27-30(18-24)48(4)46-34(27)28-10-12-32(50)44-36(28)52/h7-9,11,14,16-19,26,28,32,40,50H,5-6,10,12-13,15,20-21H2,1-4H3,(H,39,51)(H,44,52)(H,42,43,45). The molecule has 3 unspecified atom stereocenters. The van der Waals surface area contributed by atoms with Gasteiger partial charge in [0.25, 0.3) is 11.5 Å². The van der Waals surface area contributed by atoms with Crippen LogP contribution in [0.5, 0.6) is 5.75 Å². The van der Waals surface area contributed by atoms with Gasteiger partial charge in [0.05, 0.1) is 28.7 Å². The predicted octanol–water partition coefficient (Wildman–Crippen LogP) is 2.86. The lowest BCUT2D eigenvalue weighted by atomic mass is 9.92. The molecule has 16 nitrogen and oxygen atoms in total. The van der Waals surface area contributed by atoms with E-state index < -0.39 is 6.23 Å². The molecule has 0 bridgehead atoms. The molecule has 5 heterocycles. The SMILES string of the molecule is CNC(=O)COc1cc2cc(Nc3nc(N4CCCC(N=CCNc5ccc6c(C7CCC(O)NC7=O)nn(C)c6c5)C4)ncc3C)ccc2n(C)c1=O. The van der Waals surface area contributed by atoms with E-state index in [-0.39, 0.29) is 41.7 Å². The van der Waals surface area contributed by atoms with Gasteiger partial charge in [0.2, 0.25) is 11.9 Å². The van der Waals surface area contributed by atoms with Gasteiger partial charge >= 0.3 is 0 Å². The Morgan fingerprint density at radius 1 is 1.09 bits per heavy atom. The van der Waals surface area contributed by atoms with Gasteiger partial charge in [-0.25, -0.2) is 4.98 Å². The van der Waals surface area contributed by atoms with E-state index in [2.05, 4.69) is 36.2 Å². The van der Waals surface area contributed by atoms with E-state index in [9.17, 15) is 19.5 Å². The molecule has 16 heteroatoms. The summed E-state index contributed by atoms with van der Waals surface area (Å²) >= 11 is 0. The van der Waals surface area contributed by atoms with Gasteiger partial charge in [0.1, 0.15) is 12.0 Å². The summed E-state index contributed by atoms with van der Waals surface area (Å²) in [6.45, 7) is 3.76. The van der Waals surface area contributed by atoms with Crippen molar-refractivity contribution in [3.8, 4) is 5.75 Å². The second-order valence-corrected chi connectivity index (χ2v) is 13.8. The van der Waals surface area contributed by atoms with E-state index in [0.29, 0.717) is 37.7 Å². The minimum Gasteiger partial charge on any atom is -0.478 e. The fourth-order valence-electron chi connectivity index (χ4n) is 7.03. The Morgan fingerprint density at radius 3 is 2.74 bits per heavy atom. The average molecular weight is 736 g/mol. The number of pyridine rings is 1. The number of nitrogens with one attached hydrogen (secondary N) is 4. The number of aliphatic hydroxyl groups excluding tert-OH is 1. The van der Waals surface area contributed by atoms with Crippen molar-refractivity contribution in [2.75, 3.05) is 48.8 Å². The third-order valence-electron chi connectivity index (χ3n) is 10.0. The maximum Gasteiger partial charge on any atom is 0.293 e. The smallest absolute Gasteiger partial charge is 0.293 e. The van der Waals surface area contributed by atoms with Gasteiger partial charge in [-0.15, -0.1) is 0 Å². The summed E-state index contributed by atoms with van der Waals surface area (Å²) < 4.78 is 8.81. The number of hydrogen-bond acceptors (Lipinski definition) is 12. The fraction of sp³-hybridized carbons (Fsp3) is 0.395. The highest BCUT2D eigenvalue weighted by molar-refractivity contribution is 5.93.